The Hall–Kier alpha value is -1.75. The summed E-state index contributed by atoms with van der Waals surface area (Å²) in [6, 6.07) is 5.41. The number of benzene rings is 1. The fraction of sp³-hybridized carbons (Fsp3) is 0.400. The molecule has 1 aromatic carbocycles. The number of halogens is 2. The summed E-state index contributed by atoms with van der Waals surface area (Å²) in [6.45, 7) is 2.72. The van der Waals surface area contributed by atoms with E-state index in [2.05, 4.69) is 10.4 Å². The maximum absolute atomic E-state index is 13.9. The van der Waals surface area contributed by atoms with Gasteiger partial charge in [-0.2, -0.15) is 5.10 Å². The summed E-state index contributed by atoms with van der Waals surface area (Å²) in [5, 5.41) is 7.47. The van der Waals surface area contributed by atoms with Crippen molar-refractivity contribution in [3.05, 3.63) is 53.4 Å². The zero-order valence-electron chi connectivity index (χ0n) is 11.7. The molecule has 0 aliphatic heterocycles. The van der Waals surface area contributed by atoms with Crippen molar-refractivity contribution in [1.29, 1.82) is 0 Å². The standard InChI is InChI=1S/C15H19F2N3/c1-3-8-18-14(10-11-7-9-20(2)19-11)15-12(16)5-4-6-13(15)17/h4-7,9,14,18H,3,8,10H2,1-2H3. The van der Waals surface area contributed by atoms with E-state index in [1.807, 2.05) is 26.2 Å². The molecule has 1 atom stereocenters. The summed E-state index contributed by atoms with van der Waals surface area (Å²) in [4.78, 5) is 0. The molecule has 108 valence electrons. The first kappa shape index (κ1) is 14.7. The van der Waals surface area contributed by atoms with E-state index < -0.39 is 17.7 Å². The SMILES string of the molecule is CCCNC(Cc1ccn(C)n1)c1c(F)cccc1F. The van der Waals surface area contributed by atoms with Crippen LogP contribution in [0.5, 0.6) is 0 Å². The molecule has 0 spiro atoms. The van der Waals surface area contributed by atoms with E-state index in [-0.39, 0.29) is 5.56 Å². The number of hydrogen-bond donors (Lipinski definition) is 1. The highest BCUT2D eigenvalue weighted by molar-refractivity contribution is 5.25. The highest BCUT2D eigenvalue weighted by atomic mass is 19.1. The molecule has 1 heterocycles. The average Bonchev–Trinajstić information content (AvgIpc) is 2.81. The number of rotatable bonds is 6. The molecule has 0 bridgehead atoms. The van der Waals surface area contributed by atoms with Gasteiger partial charge in [-0.25, -0.2) is 8.78 Å². The van der Waals surface area contributed by atoms with Crippen molar-refractivity contribution < 1.29 is 8.78 Å². The Labute approximate surface area is 117 Å². The largest absolute Gasteiger partial charge is 0.309 e. The van der Waals surface area contributed by atoms with Gasteiger partial charge in [0.1, 0.15) is 11.6 Å². The monoisotopic (exact) mass is 279 g/mol. The topological polar surface area (TPSA) is 29.9 Å². The molecular formula is C15H19F2N3. The summed E-state index contributed by atoms with van der Waals surface area (Å²) in [5.41, 5.74) is 0.898. The number of aryl methyl sites for hydroxylation is 1. The van der Waals surface area contributed by atoms with Crippen molar-refractivity contribution in [3.63, 3.8) is 0 Å². The molecule has 0 saturated heterocycles. The average molecular weight is 279 g/mol. The molecule has 1 unspecified atom stereocenters. The van der Waals surface area contributed by atoms with E-state index >= 15 is 0 Å². The number of nitrogens with one attached hydrogen (secondary N) is 1. The summed E-state index contributed by atoms with van der Waals surface area (Å²) in [6.07, 6.45) is 3.18. The van der Waals surface area contributed by atoms with E-state index in [1.165, 1.54) is 18.2 Å². The molecule has 1 N–H and O–H groups in total. The van der Waals surface area contributed by atoms with Gasteiger partial charge in [-0.15, -0.1) is 0 Å². The summed E-state index contributed by atoms with van der Waals surface area (Å²) in [7, 11) is 1.82. The van der Waals surface area contributed by atoms with Crippen molar-refractivity contribution in [2.75, 3.05) is 6.54 Å². The molecular weight excluding hydrogens is 260 g/mol. The van der Waals surface area contributed by atoms with Gasteiger partial charge in [-0.1, -0.05) is 13.0 Å². The van der Waals surface area contributed by atoms with Crippen LogP contribution in [0.2, 0.25) is 0 Å². The van der Waals surface area contributed by atoms with Crippen molar-refractivity contribution in [1.82, 2.24) is 15.1 Å². The molecule has 0 aliphatic carbocycles. The third-order valence-electron chi connectivity index (χ3n) is 3.17. The molecule has 2 rings (SSSR count). The first-order valence-corrected chi connectivity index (χ1v) is 6.77. The molecule has 0 amide bonds. The smallest absolute Gasteiger partial charge is 0.130 e. The Kier molecular flexibility index (Phi) is 4.84. The molecule has 20 heavy (non-hydrogen) atoms. The van der Waals surface area contributed by atoms with E-state index in [9.17, 15) is 8.78 Å². The lowest BCUT2D eigenvalue weighted by atomic mass is 10.0. The lowest BCUT2D eigenvalue weighted by Gasteiger charge is -2.19. The van der Waals surface area contributed by atoms with Gasteiger partial charge in [-0.3, -0.25) is 4.68 Å². The first-order chi connectivity index (χ1) is 9.61. The minimum atomic E-state index is -0.519. The van der Waals surface area contributed by atoms with Gasteiger partial charge in [0.05, 0.1) is 5.69 Å². The van der Waals surface area contributed by atoms with E-state index in [4.69, 9.17) is 0 Å². The fourth-order valence-electron chi connectivity index (χ4n) is 2.22. The Balaban J connectivity index is 2.27. The molecule has 0 radical (unpaired) electrons. The third-order valence-corrected chi connectivity index (χ3v) is 3.17. The quantitative estimate of drug-likeness (QED) is 0.881. The van der Waals surface area contributed by atoms with Gasteiger partial charge in [-0.05, 0) is 31.2 Å². The highest BCUT2D eigenvalue weighted by Gasteiger charge is 2.20. The number of aromatic nitrogens is 2. The zero-order chi connectivity index (χ0) is 14.5. The van der Waals surface area contributed by atoms with E-state index in [0.29, 0.717) is 13.0 Å². The lowest BCUT2D eigenvalue weighted by Crippen LogP contribution is -2.26. The van der Waals surface area contributed by atoms with Crippen LogP contribution in [0.15, 0.2) is 30.5 Å². The van der Waals surface area contributed by atoms with Crippen molar-refractivity contribution in [2.24, 2.45) is 7.05 Å². The maximum Gasteiger partial charge on any atom is 0.130 e. The van der Waals surface area contributed by atoms with Gasteiger partial charge in [0.25, 0.3) is 0 Å². The second-order valence-corrected chi connectivity index (χ2v) is 4.83. The zero-order valence-corrected chi connectivity index (χ0v) is 11.7. The van der Waals surface area contributed by atoms with Crippen LogP contribution in [0.1, 0.15) is 30.6 Å². The van der Waals surface area contributed by atoms with Crippen molar-refractivity contribution in [2.45, 2.75) is 25.8 Å². The van der Waals surface area contributed by atoms with Gasteiger partial charge in [0, 0.05) is 31.3 Å². The molecule has 2 aromatic rings. The maximum atomic E-state index is 13.9. The van der Waals surface area contributed by atoms with Gasteiger partial charge >= 0.3 is 0 Å². The van der Waals surface area contributed by atoms with Crippen LogP contribution in [0.3, 0.4) is 0 Å². The second kappa shape index (κ2) is 6.61. The Morgan fingerprint density at radius 2 is 1.95 bits per heavy atom. The van der Waals surface area contributed by atoms with Crippen LogP contribution < -0.4 is 5.32 Å². The van der Waals surface area contributed by atoms with Crippen molar-refractivity contribution in [3.8, 4) is 0 Å². The predicted molar refractivity (Wildman–Crippen MR) is 74.3 cm³/mol. The lowest BCUT2D eigenvalue weighted by molar-refractivity contribution is 0.460. The van der Waals surface area contributed by atoms with E-state index in [0.717, 1.165) is 12.1 Å². The Morgan fingerprint density at radius 1 is 1.25 bits per heavy atom. The highest BCUT2D eigenvalue weighted by Crippen LogP contribution is 2.23. The van der Waals surface area contributed by atoms with Gasteiger partial charge in [0.2, 0.25) is 0 Å². The van der Waals surface area contributed by atoms with Crippen LogP contribution in [-0.4, -0.2) is 16.3 Å². The normalized spacial score (nSPS) is 12.6. The Morgan fingerprint density at radius 3 is 2.50 bits per heavy atom. The van der Waals surface area contributed by atoms with Crippen LogP contribution in [-0.2, 0) is 13.5 Å². The molecule has 1 aromatic heterocycles. The van der Waals surface area contributed by atoms with Gasteiger partial charge < -0.3 is 5.32 Å². The van der Waals surface area contributed by atoms with Gasteiger partial charge in [0.15, 0.2) is 0 Å². The number of nitrogens with zero attached hydrogens (tertiary/aromatic N) is 2. The second-order valence-electron chi connectivity index (χ2n) is 4.83. The third kappa shape index (κ3) is 3.42. The minimum Gasteiger partial charge on any atom is -0.309 e. The van der Waals surface area contributed by atoms with Crippen LogP contribution in [0.25, 0.3) is 0 Å². The summed E-state index contributed by atoms with van der Waals surface area (Å²) < 4.78 is 29.5. The molecule has 5 heteroatoms. The summed E-state index contributed by atoms with van der Waals surface area (Å²) >= 11 is 0. The first-order valence-electron chi connectivity index (χ1n) is 6.77. The molecule has 3 nitrogen and oxygen atoms in total. The van der Waals surface area contributed by atoms with E-state index in [1.54, 1.807) is 4.68 Å². The minimum absolute atomic E-state index is 0.0894. The molecule has 0 aliphatic rings. The molecule has 0 fully saturated rings. The van der Waals surface area contributed by atoms with Crippen LogP contribution in [0.4, 0.5) is 8.78 Å². The van der Waals surface area contributed by atoms with Crippen LogP contribution >= 0.6 is 0 Å². The fourth-order valence-corrected chi connectivity index (χ4v) is 2.22. The number of hydrogen-bond acceptors (Lipinski definition) is 2. The van der Waals surface area contributed by atoms with Crippen molar-refractivity contribution >= 4 is 0 Å². The Bertz CT molecular complexity index is 546. The van der Waals surface area contributed by atoms with Crippen LogP contribution in [0, 0.1) is 11.6 Å². The molecule has 0 saturated carbocycles. The predicted octanol–water partition coefficient (Wildman–Crippen LogP) is 2.98. The summed E-state index contributed by atoms with van der Waals surface area (Å²) in [5.74, 6) is -1.04.